The molecule has 36 heavy (non-hydrogen) atoms. The lowest BCUT2D eigenvalue weighted by Crippen LogP contribution is -2.49. The van der Waals surface area contributed by atoms with E-state index < -0.39 is 23.0 Å². The van der Waals surface area contributed by atoms with Crippen LogP contribution in [0.25, 0.3) is 10.9 Å². The molecule has 8 nitrogen and oxygen atoms in total. The molecule has 4 atom stereocenters. The third kappa shape index (κ3) is 4.60. The first-order valence-corrected chi connectivity index (χ1v) is 13.1. The Hall–Kier alpha value is -2.62. The van der Waals surface area contributed by atoms with Crippen molar-refractivity contribution in [1.29, 1.82) is 0 Å². The van der Waals surface area contributed by atoms with Crippen molar-refractivity contribution in [3.05, 3.63) is 45.5 Å². The SMILES string of the molecule is NCCCC[C@H](N)C(=O)NC1C=CCC2CN(c3c(F)cc4c(=O)c(O)cn(C5CC5)c4c3Cl)CC21. The van der Waals surface area contributed by atoms with Crippen LogP contribution < -0.4 is 27.1 Å². The maximum absolute atomic E-state index is 15.5. The molecule has 1 aliphatic heterocycles. The van der Waals surface area contributed by atoms with Gasteiger partial charge in [0.1, 0.15) is 5.82 Å². The lowest BCUT2D eigenvalue weighted by molar-refractivity contribution is -0.123. The number of aromatic hydroxyl groups is 1. The Labute approximate surface area is 214 Å². The van der Waals surface area contributed by atoms with E-state index >= 15 is 4.39 Å². The molecule has 5 rings (SSSR count). The number of fused-ring (bicyclic) bond motifs is 2. The summed E-state index contributed by atoms with van der Waals surface area (Å²) in [5.41, 5.74) is 11.7. The van der Waals surface area contributed by atoms with Gasteiger partial charge in [-0.25, -0.2) is 4.39 Å². The highest BCUT2D eigenvalue weighted by molar-refractivity contribution is 6.38. The summed E-state index contributed by atoms with van der Waals surface area (Å²) in [6, 6.07) is 0.530. The van der Waals surface area contributed by atoms with Crippen molar-refractivity contribution in [3.63, 3.8) is 0 Å². The number of benzene rings is 1. The van der Waals surface area contributed by atoms with Crippen LogP contribution in [0.2, 0.25) is 5.02 Å². The fourth-order valence-corrected chi connectivity index (χ4v) is 6.10. The quantitative estimate of drug-likeness (QED) is 0.315. The van der Waals surface area contributed by atoms with E-state index in [-0.39, 0.29) is 45.9 Å². The van der Waals surface area contributed by atoms with Crippen LogP contribution in [-0.4, -0.2) is 47.3 Å². The molecule has 10 heteroatoms. The second-order valence-electron chi connectivity index (χ2n) is 10.3. The molecule has 2 aliphatic carbocycles. The number of hydrogen-bond donors (Lipinski definition) is 4. The third-order valence-electron chi connectivity index (χ3n) is 7.77. The van der Waals surface area contributed by atoms with Gasteiger partial charge in [-0.1, -0.05) is 30.2 Å². The van der Waals surface area contributed by atoms with Crippen LogP contribution in [0.4, 0.5) is 10.1 Å². The molecule has 3 aliphatic rings. The first-order valence-electron chi connectivity index (χ1n) is 12.7. The lowest BCUT2D eigenvalue weighted by Gasteiger charge is -2.30. The number of rotatable bonds is 8. The molecule has 0 spiro atoms. The first-order chi connectivity index (χ1) is 17.3. The minimum atomic E-state index is -0.626. The van der Waals surface area contributed by atoms with Gasteiger partial charge in [-0.2, -0.15) is 0 Å². The number of nitrogens with one attached hydrogen (secondary N) is 1. The molecular weight excluding hydrogens is 485 g/mol. The lowest BCUT2D eigenvalue weighted by atomic mass is 9.82. The maximum atomic E-state index is 15.5. The number of nitrogens with two attached hydrogens (primary N) is 2. The number of pyridine rings is 1. The van der Waals surface area contributed by atoms with Gasteiger partial charge in [0.25, 0.3) is 0 Å². The fourth-order valence-electron chi connectivity index (χ4n) is 5.69. The predicted molar refractivity (Wildman–Crippen MR) is 139 cm³/mol. The van der Waals surface area contributed by atoms with E-state index in [2.05, 4.69) is 11.4 Å². The smallest absolute Gasteiger partial charge is 0.237 e. The van der Waals surface area contributed by atoms with Crippen LogP contribution in [-0.2, 0) is 4.79 Å². The summed E-state index contributed by atoms with van der Waals surface area (Å²) in [6.45, 7) is 1.67. The summed E-state index contributed by atoms with van der Waals surface area (Å²) in [7, 11) is 0. The van der Waals surface area contributed by atoms with Gasteiger partial charge in [-0.05, 0) is 50.6 Å². The summed E-state index contributed by atoms with van der Waals surface area (Å²) in [4.78, 5) is 27.2. The molecule has 2 aromatic rings. The van der Waals surface area contributed by atoms with Crippen molar-refractivity contribution in [2.75, 3.05) is 24.5 Å². The highest BCUT2D eigenvalue weighted by Crippen LogP contribution is 2.45. The van der Waals surface area contributed by atoms with Gasteiger partial charge < -0.3 is 31.4 Å². The van der Waals surface area contributed by atoms with E-state index in [0.717, 1.165) is 32.1 Å². The second-order valence-corrected chi connectivity index (χ2v) is 10.7. The normalized spacial score (nSPS) is 24.2. The molecule has 2 fully saturated rings. The number of unbranched alkanes of at least 4 members (excludes halogenated alkanes) is 1. The average molecular weight is 518 g/mol. The zero-order chi connectivity index (χ0) is 25.6. The van der Waals surface area contributed by atoms with Crippen LogP contribution in [0.3, 0.4) is 0 Å². The monoisotopic (exact) mass is 517 g/mol. The van der Waals surface area contributed by atoms with Crippen LogP contribution in [0.5, 0.6) is 5.75 Å². The van der Waals surface area contributed by atoms with Crippen LogP contribution in [0, 0.1) is 17.7 Å². The standard InChI is InChI=1S/C26H33ClFN5O3/c27-22-23-16(25(35)21(34)13-33(23)15-7-8-15)10-18(28)24(22)32-11-14-4-3-6-20(17(14)12-32)31-26(36)19(30)5-1-2-9-29/h3,6,10,13-15,17,19-20,34H,1-2,4-5,7-9,11-12,29-30H2,(H,31,36)/t14?,17?,19-,20?/m0/s1. The van der Waals surface area contributed by atoms with E-state index in [1.165, 1.54) is 12.3 Å². The number of anilines is 1. The van der Waals surface area contributed by atoms with Crippen LogP contribution in [0.15, 0.2) is 29.2 Å². The van der Waals surface area contributed by atoms with Crippen molar-refractivity contribution >= 4 is 34.1 Å². The molecule has 1 aromatic carbocycles. The topological polar surface area (TPSA) is 127 Å². The molecular formula is C26H33ClFN5O3. The molecule has 6 N–H and O–H groups in total. The summed E-state index contributed by atoms with van der Waals surface area (Å²) < 4.78 is 17.3. The number of aromatic nitrogens is 1. The highest BCUT2D eigenvalue weighted by atomic mass is 35.5. The van der Waals surface area contributed by atoms with Crippen molar-refractivity contribution in [2.24, 2.45) is 23.3 Å². The van der Waals surface area contributed by atoms with Gasteiger partial charge in [-0.3, -0.25) is 9.59 Å². The van der Waals surface area contributed by atoms with E-state index in [4.69, 9.17) is 23.1 Å². The molecule has 0 radical (unpaired) electrons. The summed E-state index contributed by atoms with van der Waals surface area (Å²) in [6.07, 6.45) is 10.3. The Balaban J connectivity index is 1.40. The summed E-state index contributed by atoms with van der Waals surface area (Å²) in [5, 5.41) is 13.5. The molecule has 2 heterocycles. The Kier molecular flexibility index (Phi) is 6.98. The van der Waals surface area contributed by atoms with Crippen molar-refractivity contribution in [2.45, 2.75) is 56.7 Å². The van der Waals surface area contributed by atoms with Gasteiger partial charge in [0.05, 0.1) is 39.9 Å². The van der Waals surface area contributed by atoms with Crippen LogP contribution in [0.1, 0.15) is 44.6 Å². The van der Waals surface area contributed by atoms with Gasteiger partial charge in [0, 0.05) is 25.0 Å². The van der Waals surface area contributed by atoms with Crippen molar-refractivity contribution in [3.8, 4) is 5.75 Å². The first kappa shape index (κ1) is 25.0. The average Bonchev–Trinajstić information content (AvgIpc) is 3.60. The third-order valence-corrected chi connectivity index (χ3v) is 8.13. The predicted octanol–water partition coefficient (Wildman–Crippen LogP) is 2.79. The summed E-state index contributed by atoms with van der Waals surface area (Å²) in [5.74, 6) is -0.900. The molecule has 3 unspecified atom stereocenters. The zero-order valence-electron chi connectivity index (χ0n) is 20.1. The molecule has 1 aromatic heterocycles. The summed E-state index contributed by atoms with van der Waals surface area (Å²) >= 11 is 6.81. The Morgan fingerprint density at radius 1 is 1.31 bits per heavy atom. The van der Waals surface area contributed by atoms with Crippen molar-refractivity contribution < 1.29 is 14.3 Å². The Morgan fingerprint density at radius 3 is 2.81 bits per heavy atom. The van der Waals surface area contributed by atoms with E-state index in [9.17, 15) is 14.7 Å². The van der Waals surface area contributed by atoms with Crippen molar-refractivity contribution in [1.82, 2.24) is 9.88 Å². The van der Waals surface area contributed by atoms with E-state index in [1.807, 2.05) is 11.0 Å². The minimum Gasteiger partial charge on any atom is -0.503 e. The number of carbonyl (C=O) groups excluding carboxylic acids is 1. The number of hydrogen-bond acceptors (Lipinski definition) is 6. The number of halogens is 2. The molecule has 1 saturated carbocycles. The number of nitrogens with zero attached hydrogens (tertiary/aromatic N) is 2. The largest absolute Gasteiger partial charge is 0.503 e. The molecule has 1 amide bonds. The molecule has 0 bridgehead atoms. The highest BCUT2D eigenvalue weighted by Gasteiger charge is 2.41. The fraction of sp³-hybridized carbons (Fsp3) is 0.538. The van der Waals surface area contributed by atoms with Crippen LogP contribution >= 0.6 is 11.6 Å². The van der Waals surface area contributed by atoms with Gasteiger partial charge in [0.2, 0.25) is 11.3 Å². The minimum absolute atomic E-state index is 0.0757. The zero-order valence-corrected chi connectivity index (χ0v) is 20.9. The number of carbonyl (C=O) groups is 1. The van der Waals surface area contributed by atoms with E-state index in [0.29, 0.717) is 31.6 Å². The second kappa shape index (κ2) is 10.0. The van der Waals surface area contributed by atoms with E-state index in [1.54, 1.807) is 4.57 Å². The molecule has 1 saturated heterocycles. The Morgan fingerprint density at radius 2 is 2.08 bits per heavy atom. The van der Waals surface area contributed by atoms with Gasteiger partial charge in [-0.15, -0.1) is 0 Å². The number of allylic oxidation sites excluding steroid dienone is 1. The maximum Gasteiger partial charge on any atom is 0.237 e. The molecule has 194 valence electrons. The Bertz CT molecular complexity index is 1260. The van der Waals surface area contributed by atoms with Gasteiger partial charge >= 0.3 is 0 Å². The van der Waals surface area contributed by atoms with Gasteiger partial charge in [0.15, 0.2) is 5.75 Å². The number of amides is 1.